The number of rotatable bonds is 2. The SMILES string of the molecule is CC(C)[C@@H]1Nc2nc(nc3ccccc23)CN2CCN(C(=O)c3cc4ccccc4s3)CC23CN3C1=O. The Morgan fingerprint density at radius 1 is 1.08 bits per heavy atom. The van der Waals surface area contributed by atoms with Gasteiger partial charge in [-0.15, -0.1) is 11.3 Å². The molecule has 3 aliphatic heterocycles. The summed E-state index contributed by atoms with van der Waals surface area (Å²) in [6.45, 7) is 6.98. The van der Waals surface area contributed by atoms with Gasteiger partial charge in [-0.25, -0.2) is 9.97 Å². The van der Waals surface area contributed by atoms with E-state index in [1.807, 2.05) is 64.4 Å². The molecule has 7 rings (SSSR count). The number of carbonyl (C=O) groups excluding carboxylic acids is 2. The maximum atomic E-state index is 13.9. The Morgan fingerprint density at radius 2 is 1.89 bits per heavy atom. The molecule has 9 heteroatoms. The average Bonchev–Trinajstić information content (AvgIpc) is 3.44. The Hall–Kier alpha value is -3.56. The zero-order valence-corrected chi connectivity index (χ0v) is 21.7. The van der Waals surface area contributed by atoms with Gasteiger partial charge in [0.1, 0.15) is 23.3 Å². The van der Waals surface area contributed by atoms with Gasteiger partial charge in [-0.2, -0.15) is 0 Å². The number of hydrogen-bond acceptors (Lipinski definition) is 7. The highest BCUT2D eigenvalue weighted by Crippen LogP contribution is 2.42. The van der Waals surface area contributed by atoms with Gasteiger partial charge in [-0.1, -0.05) is 44.2 Å². The first-order valence-electron chi connectivity index (χ1n) is 12.8. The van der Waals surface area contributed by atoms with E-state index in [-0.39, 0.29) is 17.7 Å². The molecule has 2 atom stereocenters. The van der Waals surface area contributed by atoms with Gasteiger partial charge in [0.05, 0.1) is 30.0 Å². The topological polar surface area (TPSA) is 81.4 Å². The molecular formula is C28H28N6O2S. The van der Waals surface area contributed by atoms with Crippen LogP contribution in [-0.2, 0) is 11.3 Å². The molecule has 5 heterocycles. The summed E-state index contributed by atoms with van der Waals surface area (Å²) < 4.78 is 1.11. The molecule has 2 saturated heterocycles. The number of para-hydroxylation sites is 1. The van der Waals surface area contributed by atoms with Crippen molar-refractivity contribution in [3.8, 4) is 0 Å². The number of amides is 2. The molecule has 0 radical (unpaired) electrons. The van der Waals surface area contributed by atoms with E-state index in [0.717, 1.165) is 31.7 Å². The van der Waals surface area contributed by atoms with Crippen LogP contribution in [0.2, 0.25) is 0 Å². The first-order chi connectivity index (χ1) is 17.9. The monoisotopic (exact) mass is 512 g/mol. The number of benzene rings is 2. The van der Waals surface area contributed by atoms with Gasteiger partial charge < -0.3 is 15.1 Å². The van der Waals surface area contributed by atoms with Crippen LogP contribution in [0.15, 0.2) is 54.6 Å². The lowest BCUT2D eigenvalue weighted by Crippen LogP contribution is -2.60. The van der Waals surface area contributed by atoms with Crippen molar-refractivity contribution in [2.75, 3.05) is 31.5 Å². The third-order valence-electron chi connectivity index (χ3n) is 7.88. The Morgan fingerprint density at radius 3 is 2.73 bits per heavy atom. The fraction of sp³-hybridized carbons (Fsp3) is 0.357. The lowest BCUT2D eigenvalue weighted by Gasteiger charge is -2.42. The van der Waals surface area contributed by atoms with Crippen LogP contribution in [0, 0.1) is 5.92 Å². The van der Waals surface area contributed by atoms with E-state index < -0.39 is 11.7 Å². The number of carbonyl (C=O) groups is 2. The van der Waals surface area contributed by atoms with Crippen molar-refractivity contribution in [1.29, 1.82) is 0 Å². The summed E-state index contributed by atoms with van der Waals surface area (Å²) in [5, 5.41) is 5.47. The lowest BCUT2D eigenvalue weighted by atomic mass is 10.0. The molecule has 2 bridgehead atoms. The lowest BCUT2D eigenvalue weighted by molar-refractivity contribution is -0.131. The van der Waals surface area contributed by atoms with E-state index in [2.05, 4.69) is 24.1 Å². The van der Waals surface area contributed by atoms with Crippen LogP contribution in [0.25, 0.3) is 21.0 Å². The van der Waals surface area contributed by atoms with Crippen molar-refractivity contribution in [3.05, 3.63) is 65.3 Å². The molecule has 1 unspecified atom stereocenters. The molecule has 0 saturated carbocycles. The van der Waals surface area contributed by atoms with E-state index >= 15 is 0 Å². The molecule has 2 aromatic carbocycles. The number of thiophene rings is 1. The molecule has 8 nitrogen and oxygen atoms in total. The van der Waals surface area contributed by atoms with Crippen LogP contribution in [0.3, 0.4) is 0 Å². The largest absolute Gasteiger partial charge is 0.358 e. The molecule has 1 N–H and O–H groups in total. The van der Waals surface area contributed by atoms with Gasteiger partial charge in [-0.3, -0.25) is 14.5 Å². The molecule has 2 aromatic heterocycles. The average molecular weight is 513 g/mol. The minimum Gasteiger partial charge on any atom is -0.358 e. The fourth-order valence-corrected chi connectivity index (χ4v) is 6.82. The van der Waals surface area contributed by atoms with Crippen molar-refractivity contribution in [2.24, 2.45) is 5.92 Å². The van der Waals surface area contributed by atoms with Crippen molar-refractivity contribution >= 4 is 50.0 Å². The highest BCUT2D eigenvalue weighted by molar-refractivity contribution is 7.20. The van der Waals surface area contributed by atoms with E-state index in [1.165, 1.54) is 11.3 Å². The van der Waals surface area contributed by atoms with E-state index in [9.17, 15) is 9.59 Å². The summed E-state index contributed by atoms with van der Waals surface area (Å²) >= 11 is 1.53. The highest BCUT2D eigenvalue weighted by atomic mass is 32.1. The van der Waals surface area contributed by atoms with Crippen molar-refractivity contribution in [2.45, 2.75) is 32.1 Å². The number of nitrogens with one attached hydrogen (secondary N) is 1. The Kier molecular flexibility index (Phi) is 5.03. The van der Waals surface area contributed by atoms with Gasteiger partial charge >= 0.3 is 0 Å². The van der Waals surface area contributed by atoms with Crippen molar-refractivity contribution in [1.82, 2.24) is 24.7 Å². The number of anilines is 1. The Labute approximate surface area is 218 Å². The number of piperazine rings is 1. The van der Waals surface area contributed by atoms with Gasteiger partial charge in [0.2, 0.25) is 5.91 Å². The predicted molar refractivity (Wildman–Crippen MR) is 144 cm³/mol. The molecule has 2 amide bonds. The Bertz CT molecular complexity index is 1530. The van der Waals surface area contributed by atoms with Crippen LogP contribution in [0.5, 0.6) is 0 Å². The molecular weight excluding hydrogens is 484 g/mol. The first-order valence-corrected chi connectivity index (χ1v) is 13.6. The fourth-order valence-electron chi connectivity index (χ4n) is 5.79. The van der Waals surface area contributed by atoms with Crippen molar-refractivity contribution in [3.63, 3.8) is 0 Å². The van der Waals surface area contributed by atoms with Crippen molar-refractivity contribution < 1.29 is 9.59 Å². The van der Waals surface area contributed by atoms with Crippen LogP contribution in [0.4, 0.5) is 5.82 Å². The van der Waals surface area contributed by atoms with Gasteiger partial charge in [0, 0.05) is 23.2 Å². The smallest absolute Gasteiger partial charge is 0.264 e. The van der Waals surface area contributed by atoms with E-state index in [1.54, 1.807) is 0 Å². The first kappa shape index (κ1) is 22.6. The maximum Gasteiger partial charge on any atom is 0.264 e. The quantitative estimate of drug-likeness (QED) is 0.412. The standard InChI is InChI=1S/C28H28N6O2S/c1-17(2)24-27(36)34-16-28(34)15-32(26(35)22-13-18-7-3-6-10-21(18)37-22)11-12-33(28)14-23-29-20-9-5-4-8-19(20)25(30-23)31-24/h3-10,13,17,24H,11-12,14-16H2,1-2H3,(H,29,30,31)/t24-,28?,34?/m0/s1. The highest BCUT2D eigenvalue weighted by Gasteiger charge is 2.63. The maximum absolute atomic E-state index is 13.9. The minimum absolute atomic E-state index is 0.0365. The van der Waals surface area contributed by atoms with Gasteiger partial charge in [0.25, 0.3) is 5.91 Å². The van der Waals surface area contributed by atoms with Gasteiger partial charge in [0.15, 0.2) is 0 Å². The molecule has 3 aliphatic rings. The van der Waals surface area contributed by atoms with Crippen LogP contribution in [-0.4, -0.2) is 74.4 Å². The zero-order chi connectivity index (χ0) is 25.3. The van der Waals surface area contributed by atoms with Crippen LogP contribution < -0.4 is 5.32 Å². The number of nitrogens with zero attached hydrogens (tertiary/aromatic N) is 5. The molecule has 1 spiro atoms. The third-order valence-corrected chi connectivity index (χ3v) is 8.98. The van der Waals surface area contributed by atoms with E-state index in [4.69, 9.17) is 9.97 Å². The minimum atomic E-state index is -0.525. The summed E-state index contributed by atoms with van der Waals surface area (Å²) in [4.78, 5) is 44.1. The number of fused-ring (bicyclic) bond motifs is 5. The molecule has 2 fully saturated rings. The molecule has 37 heavy (non-hydrogen) atoms. The van der Waals surface area contributed by atoms with E-state index in [0.29, 0.717) is 38.5 Å². The van der Waals surface area contributed by atoms with Crippen LogP contribution in [0.1, 0.15) is 29.3 Å². The molecule has 0 aliphatic carbocycles. The predicted octanol–water partition coefficient (Wildman–Crippen LogP) is 3.79. The summed E-state index contributed by atoms with van der Waals surface area (Å²) in [7, 11) is 0. The third kappa shape index (κ3) is 3.59. The zero-order valence-electron chi connectivity index (χ0n) is 20.8. The second-order valence-electron chi connectivity index (χ2n) is 10.6. The summed E-state index contributed by atoms with van der Waals surface area (Å²) in [6.07, 6.45) is 0. The second-order valence-corrected chi connectivity index (χ2v) is 11.7. The Balaban J connectivity index is 1.25. The summed E-state index contributed by atoms with van der Waals surface area (Å²) in [5.74, 6) is 1.60. The molecule has 188 valence electrons. The summed E-state index contributed by atoms with van der Waals surface area (Å²) in [6, 6.07) is 17.6. The van der Waals surface area contributed by atoms with Gasteiger partial charge in [-0.05, 0) is 35.6 Å². The number of aromatic nitrogens is 2. The van der Waals surface area contributed by atoms with Crippen LogP contribution >= 0.6 is 11.3 Å². The number of hydrogen-bond donors (Lipinski definition) is 1. The normalized spacial score (nSPS) is 23.6. The summed E-state index contributed by atoms with van der Waals surface area (Å²) in [5.41, 5.74) is 0.342. The second kappa shape index (κ2) is 8.22. The molecule has 4 aromatic rings.